The van der Waals surface area contributed by atoms with Crippen molar-refractivity contribution in [3.05, 3.63) is 23.8 Å². The summed E-state index contributed by atoms with van der Waals surface area (Å²) in [6.07, 6.45) is 0.986. The van der Waals surface area contributed by atoms with Crippen molar-refractivity contribution in [2.75, 3.05) is 40.4 Å². The summed E-state index contributed by atoms with van der Waals surface area (Å²) in [5, 5.41) is 6.98. The van der Waals surface area contributed by atoms with E-state index in [2.05, 4.69) is 23.6 Å². The molecule has 1 fully saturated rings. The third kappa shape index (κ3) is 3.61. The second-order valence-electron chi connectivity index (χ2n) is 5.52. The van der Waals surface area contributed by atoms with Crippen LogP contribution >= 0.6 is 0 Å². The van der Waals surface area contributed by atoms with Crippen molar-refractivity contribution < 1.29 is 9.47 Å². The van der Waals surface area contributed by atoms with Crippen LogP contribution in [0.2, 0.25) is 0 Å². The van der Waals surface area contributed by atoms with E-state index in [1.165, 1.54) is 5.56 Å². The summed E-state index contributed by atoms with van der Waals surface area (Å²) >= 11 is 0. The lowest BCUT2D eigenvalue weighted by Gasteiger charge is -2.28. The Morgan fingerprint density at radius 2 is 1.79 bits per heavy atom. The summed E-state index contributed by atoms with van der Waals surface area (Å²) in [5.41, 5.74) is 1.44. The molecule has 1 aromatic rings. The van der Waals surface area contributed by atoms with Crippen molar-refractivity contribution in [2.24, 2.45) is 5.41 Å². The lowest BCUT2D eigenvalue weighted by molar-refractivity contribution is 0.307. The molecule has 1 heterocycles. The first-order chi connectivity index (χ1) is 9.17. The van der Waals surface area contributed by atoms with Crippen LogP contribution in [0.3, 0.4) is 0 Å². The monoisotopic (exact) mass is 264 g/mol. The topological polar surface area (TPSA) is 42.5 Å². The van der Waals surface area contributed by atoms with Crippen molar-refractivity contribution in [3.8, 4) is 11.5 Å². The van der Waals surface area contributed by atoms with Gasteiger partial charge >= 0.3 is 0 Å². The first-order valence-corrected chi connectivity index (χ1v) is 6.79. The number of nitrogens with one attached hydrogen (secondary N) is 2. The van der Waals surface area contributed by atoms with Gasteiger partial charge in [0, 0.05) is 32.2 Å². The average Bonchev–Trinajstić information content (AvgIpc) is 2.64. The molecule has 0 aliphatic carbocycles. The van der Waals surface area contributed by atoms with E-state index in [1.54, 1.807) is 14.2 Å². The fraction of sp³-hybridized carbons (Fsp3) is 0.600. The quantitative estimate of drug-likeness (QED) is 0.864. The SMILES string of the molecule is COc1ccc(CC2(C)CNCCNC2)c(OC)c1. The highest BCUT2D eigenvalue weighted by Crippen LogP contribution is 2.30. The molecule has 0 aromatic heterocycles. The van der Waals surface area contributed by atoms with Crippen LogP contribution < -0.4 is 20.1 Å². The van der Waals surface area contributed by atoms with E-state index in [9.17, 15) is 0 Å². The molecule has 1 aliphatic heterocycles. The van der Waals surface area contributed by atoms with Crippen LogP contribution in [0.5, 0.6) is 11.5 Å². The van der Waals surface area contributed by atoms with Gasteiger partial charge in [0.25, 0.3) is 0 Å². The molecule has 0 amide bonds. The molecule has 2 N–H and O–H groups in total. The van der Waals surface area contributed by atoms with Gasteiger partial charge in [0.15, 0.2) is 0 Å². The Morgan fingerprint density at radius 3 is 2.37 bits per heavy atom. The minimum Gasteiger partial charge on any atom is -0.497 e. The number of hydrogen-bond acceptors (Lipinski definition) is 4. The molecule has 1 saturated heterocycles. The largest absolute Gasteiger partial charge is 0.497 e. The summed E-state index contributed by atoms with van der Waals surface area (Å²) in [4.78, 5) is 0. The van der Waals surface area contributed by atoms with Gasteiger partial charge in [-0.1, -0.05) is 13.0 Å². The molecule has 4 nitrogen and oxygen atoms in total. The molecule has 19 heavy (non-hydrogen) atoms. The average molecular weight is 264 g/mol. The Hall–Kier alpha value is -1.26. The molecular formula is C15H24N2O2. The second-order valence-corrected chi connectivity index (χ2v) is 5.52. The van der Waals surface area contributed by atoms with Gasteiger partial charge < -0.3 is 20.1 Å². The zero-order valence-electron chi connectivity index (χ0n) is 12.1. The van der Waals surface area contributed by atoms with Crippen molar-refractivity contribution in [1.29, 1.82) is 0 Å². The normalized spacial score (nSPS) is 18.7. The fourth-order valence-corrected chi connectivity index (χ4v) is 2.60. The molecular weight excluding hydrogens is 240 g/mol. The Bertz CT molecular complexity index is 413. The third-order valence-corrected chi connectivity index (χ3v) is 3.69. The van der Waals surface area contributed by atoms with Gasteiger partial charge in [0.2, 0.25) is 0 Å². The molecule has 2 rings (SSSR count). The summed E-state index contributed by atoms with van der Waals surface area (Å²) in [6.45, 7) is 6.43. The van der Waals surface area contributed by atoms with Crippen molar-refractivity contribution in [3.63, 3.8) is 0 Å². The highest BCUT2D eigenvalue weighted by atomic mass is 16.5. The van der Waals surface area contributed by atoms with Gasteiger partial charge in [-0.3, -0.25) is 0 Å². The minimum absolute atomic E-state index is 0.207. The molecule has 0 saturated carbocycles. The smallest absolute Gasteiger partial charge is 0.125 e. The predicted molar refractivity (Wildman–Crippen MR) is 77.1 cm³/mol. The van der Waals surface area contributed by atoms with E-state index in [0.717, 1.165) is 44.1 Å². The Morgan fingerprint density at radius 1 is 1.11 bits per heavy atom. The van der Waals surface area contributed by atoms with Gasteiger partial charge in [-0.2, -0.15) is 0 Å². The van der Waals surface area contributed by atoms with Crippen LogP contribution in [0.15, 0.2) is 18.2 Å². The van der Waals surface area contributed by atoms with Gasteiger partial charge in [-0.15, -0.1) is 0 Å². The molecule has 0 spiro atoms. The molecule has 0 unspecified atom stereocenters. The zero-order valence-corrected chi connectivity index (χ0v) is 12.1. The predicted octanol–water partition coefficient (Wildman–Crippen LogP) is 1.45. The van der Waals surface area contributed by atoms with Crippen LogP contribution in [0.1, 0.15) is 12.5 Å². The fourth-order valence-electron chi connectivity index (χ4n) is 2.60. The van der Waals surface area contributed by atoms with Crippen molar-refractivity contribution in [1.82, 2.24) is 10.6 Å². The standard InChI is InChI=1S/C15H24N2O2/c1-15(10-16-6-7-17-11-15)9-12-4-5-13(18-2)8-14(12)19-3/h4-5,8,16-17H,6-7,9-11H2,1-3H3. The molecule has 4 heteroatoms. The molecule has 0 radical (unpaired) electrons. The van der Waals surface area contributed by atoms with E-state index in [-0.39, 0.29) is 5.41 Å². The van der Waals surface area contributed by atoms with Crippen molar-refractivity contribution in [2.45, 2.75) is 13.3 Å². The number of rotatable bonds is 4. The van der Waals surface area contributed by atoms with Crippen LogP contribution in [-0.2, 0) is 6.42 Å². The number of benzene rings is 1. The lowest BCUT2D eigenvalue weighted by atomic mass is 9.83. The summed E-state index contributed by atoms with van der Waals surface area (Å²) in [6, 6.07) is 6.06. The van der Waals surface area contributed by atoms with Crippen LogP contribution in [0.25, 0.3) is 0 Å². The summed E-state index contributed by atoms with van der Waals surface area (Å²) < 4.78 is 10.7. The van der Waals surface area contributed by atoms with E-state index < -0.39 is 0 Å². The maximum absolute atomic E-state index is 5.48. The Labute approximate surface area is 115 Å². The second kappa shape index (κ2) is 6.26. The Balaban J connectivity index is 2.17. The molecule has 106 valence electrons. The first-order valence-electron chi connectivity index (χ1n) is 6.79. The summed E-state index contributed by atoms with van der Waals surface area (Å²) in [7, 11) is 3.39. The minimum atomic E-state index is 0.207. The van der Waals surface area contributed by atoms with E-state index in [1.807, 2.05) is 12.1 Å². The number of hydrogen-bond donors (Lipinski definition) is 2. The van der Waals surface area contributed by atoms with Gasteiger partial charge in [-0.05, 0) is 23.5 Å². The number of ether oxygens (including phenoxy) is 2. The highest BCUT2D eigenvalue weighted by molar-refractivity contribution is 5.41. The zero-order chi connectivity index (χ0) is 13.7. The Kier molecular flexibility index (Phi) is 4.66. The molecule has 1 aromatic carbocycles. The number of methoxy groups -OCH3 is 2. The molecule has 1 aliphatic rings. The van der Waals surface area contributed by atoms with Gasteiger partial charge in [-0.25, -0.2) is 0 Å². The highest BCUT2D eigenvalue weighted by Gasteiger charge is 2.27. The third-order valence-electron chi connectivity index (χ3n) is 3.69. The van der Waals surface area contributed by atoms with E-state index in [0.29, 0.717) is 0 Å². The first kappa shape index (κ1) is 14.2. The van der Waals surface area contributed by atoms with Crippen molar-refractivity contribution >= 4 is 0 Å². The van der Waals surface area contributed by atoms with Gasteiger partial charge in [0.05, 0.1) is 14.2 Å². The van der Waals surface area contributed by atoms with Crippen LogP contribution in [0, 0.1) is 5.41 Å². The van der Waals surface area contributed by atoms with Crippen LogP contribution in [-0.4, -0.2) is 40.4 Å². The van der Waals surface area contributed by atoms with Crippen LogP contribution in [0.4, 0.5) is 0 Å². The van der Waals surface area contributed by atoms with E-state index >= 15 is 0 Å². The summed E-state index contributed by atoms with van der Waals surface area (Å²) in [5.74, 6) is 1.74. The maximum atomic E-state index is 5.48. The molecule has 0 atom stereocenters. The molecule has 0 bridgehead atoms. The van der Waals surface area contributed by atoms with Gasteiger partial charge in [0.1, 0.15) is 11.5 Å². The van der Waals surface area contributed by atoms with E-state index in [4.69, 9.17) is 9.47 Å². The lowest BCUT2D eigenvalue weighted by Crippen LogP contribution is -2.37. The maximum Gasteiger partial charge on any atom is 0.125 e.